The Hall–Kier alpha value is -0.710. The first-order valence-electron chi connectivity index (χ1n) is 4.91. The summed E-state index contributed by atoms with van der Waals surface area (Å²) in [7, 11) is 2.01. The van der Waals surface area contributed by atoms with Gasteiger partial charge in [-0.05, 0) is 25.4 Å². The Morgan fingerprint density at radius 3 is 2.93 bits per heavy atom. The number of thiophene rings is 1. The van der Waals surface area contributed by atoms with Crippen LogP contribution in [0.25, 0.3) is 0 Å². The summed E-state index contributed by atoms with van der Waals surface area (Å²) >= 11 is 3.59. The zero-order valence-corrected chi connectivity index (χ0v) is 10.5. The van der Waals surface area contributed by atoms with Crippen LogP contribution in [0.15, 0.2) is 23.7 Å². The second-order valence-electron chi connectivity index (χ2n) is 3.41. The maximum Gasteiger partial charge on any atom is 0.0897 e. The van der Waals surface area contributed by atoms with Crippen LogP contribution in [-0.2, 0) is 6.42 Å². The number of aromatic nitrogens is 1. The third kappa shape index (κ3) is 2.65. The monoisotopic (exact) mass is 238 g/mol. The first-order valence-corrected chi connectivity index (χ1v) is 6.61. The second-order valence-corrected chi connectivity index (χ2v) is 5.70. The third-order valence-corrected chi connectivity index (χ3v) is 4.24. The standard InChI is InChI=1S/C11H14N2S2/c1-8-13-7-11(15-8)10(12-2)6-9-4-3-5-14-9/h3-5,7,10,12H,6H2,1-2H3. The van der Waals surface area contributed by atoms with E-state index in [9.17, 15) is 0 Å². The van der Waals surface area contributed by atoms with Gasteiger partial charge in [0, 0.05) is 28.4 Å². The number of aryl methyl sites for hydroxylation is 1. The number of nitrogens with one attached hydrogen (secondary N) is 1. The van der Waals surface area contributed by atoms with Crippen LogP contribution in [-0.4, -0.2) is 12.0 Å². The van der Waals surface area contributed by atoms with Gasteiger partial charge >= 0.3 is 0 Å². The number of likely N-dealkylation sites (N-methyl/N-ethyl adjacent to an activating group) is 1. The van der Waals surface area contributed by atoms with Crippen molar-refractivity contribution in [2.45, 2.75) is 19.4 Å². The van der Waals surface area contributed by atoms with Crippen LogP contribution in [0, 0.1) is 6.92 Å². The van der Waals surface area contributed by atoms with E-state index in [0.717, 1.165) is 11.4 Å². The minimum absolute atomic E-state index is 0.398. The summed E-state index contributed by atoms with van der Waals surface area (Å²) in [5, 5.41) is 6.61. The summed E-state index contributed by atoms with van der Waals surface area (Å²) in [5.41, 5.74) is 0. The van der Waals surface area contributed by atoms with Gasteiger partial charge in [0.05, 0.1) is 5.01 Å². The molecule has 0 aliphatic heterocycles. The van der Waals surface area contributed by atoms with Crippen LogP contribution < -0.4 is 5.32 Å². The van der Waals surface area contributed by atoms with Crippen LogP contribution in [0.3, 0.4) is 0 Å². The highest BCUT2D eigenvalue weighted by molar-refractivity contribution is 7.11. The van der Waals surface area contributed by atoms with Gasteiger partial charge in [0.2, 0.25) is 0 Å². The van der Waals surface area contributed by atoms with Gasteiger partial charge in [-0.3, -0.25) is 0 Å². The molecule has 2 aromatic heterocycles. The Kier molecular flexibility index (Phi) is 3.51. The van der Waals surface area contributed by atoms with E-state index in [0.29, 0.717) is 6.04 Å². The normalized spacial score (nSPS) is 12.9. The Bertz CT molecular complexity index is 406. The van der Waals surface area contributed by atoms with Crippen molar-refractivity contribution in [3.63, 3.8) is 0 Å². The van der Waals surface area contributed by atoms with E-state index in [-0.39, 0.29) is 0 Å². The van der Waals surface area contributed by atoms with Crippen molar-refractivity contribution < 1.29 is 0 Å². The van der Waals surface area contributed by atoms with Gasteiger partial charge in [-0.15, -0.1) is 22.7 Å². The summed E-state index contributed by atoms with van der Waals surface area (Å²) in [6.45, 7) is 2.05. The first kappa shape index (κ1) is 10.8. The maximum absolute atomic E-state index is 4.30. The predicted molar refractivity (Wildman–Crippen MR) is 66.7 cm³/mol. The smallest absolute Gasteiger partial charge is 0.0897 e. The van der Waals surface area contributed by atoms with Gasteiger partial charge in [-0.1, -0.05) is 6.07 Å². The molecule has 2 heterocycles. The van der Waals surface area contributed by atoms with Crippen LogP contribution in [0.4, 0.5) is 0 Å². The highest BCUT2D eigenvalue weighted by Crippen LogP contribution is 2.25. The summed E-state index contributed by atoms with van der Waals surface area (Å²) in [6.07, 6.45) is 3.03. The number of rotatable bonds is 4. The fraction of sp³-hybridized carbons (Fsp3) is 0.364. The van der Waals surface area contributed by atoms with E-state index in [1.165, 1.54) is 9.75 Å². The highest BCUT2D eigenvalue weighted by Gasteiger charge is 2.12. The molecule has 1 unspecified atom stereocenters. The van der Waals surface area contributed by atoms with Crippen LogP contribution >= 0.6 is 22.7 Å². The third-order valence-electron chi connectivity index (χ3n) is 2.32. The van der Waals surface area contributed by atoms with Crippen LogP contribution in [0.5, 0.6) is 0 Å². The van der Waals surface area contributed by atoms with Gasteiger partial charge in [0.1, 0.15) is 0 Å². The molecular weight excluding hydrogens is 224 g/mol. The Morgan fingerprint density at radius 2 is 2.40 bits per heavy atom. The van der Waals surface area contributed by atoms with Crippen LogP contribution in [0.2, 0.25) is 0 Å². The molecule has 2 nitrogen and oxygen atoms in total. The fourth-order valence-corrected chi connectivity index (χ4v) is 3.16. The molecule has 0 spiro atoms. The lowest BCUT2D eigenvalue weighted by Gasteiger charge is -2.12. The lowest BCUT2D eigenvalue weighted by atomic mass is 10.1. The number of hydrogen-bond acceptors (Lipinski definition) is 4. The minimum atomic E-state index is 0.398. The van der Waals surface area contributed by atoms with Gasteiger partial charge in [-0.25, -0.2) is 4.98 Å². The topological polar surface area (TPSA) is 24.9 Å². The first-order chi connectivity index (χ1) is 7.29. The summed E-state index contributed by atoms with van der Waals surface area (Å²) in [6, 6.07) is 4.68. The molecule has 0 aromatic carbocycles. The second kappa shape index (κ2) is 4.88. The molecule has 0 radical (unpaired) electrons. The minimum Gasteiger partial charge on any atom is -0.312 e. The predicted octanol–water partition coefficient (Wildman–Crippen LogP) is 3.02. The molecule has 1 N–H and O–H groups in total. The summed E-state index contributed by atoms with van der Waals surface area (Å²) in [4.78, 5) is 7.04. The van der Waals surface area contributed by atoms with Crippen molar-refractivity contribution in [1.29, 1.82) is 0 Å². The Labute approximate surface area is 98.0 Å². The van der Waals surface area contributed by atoms with Gasteiger partial charge in [-0.2, -0.15) is 0 Å². The summed E-state index contributed by atoms with van der Waals surface area (Å²) < 4.78 is 0. The van der Waals surface area contributed by atoms with Crippen molar-refractivity contribution in [3.05, 3.63) is 38.5 Å². The lowest BCUT2D eigenvalue weighted by Crippen LogP contribution is -2.17. The van der Waals surface area contributed by atoms with Crippen LogP contribution in [0.1, 0.15) is 20.8 Å². The van der Waals surface area contributed by atoms with Gasteiger partial charge in [0.15, 0.2) is 0 Å². The van der Waals surface area contributed by atoms with Gasteiger partial charge < -0.3 is 5.32 Å². The van der Waals surface area contributed by atoms with E-state index in [1.54, 1.807) is 11.3 Å². The average Bonchev–Trinajstić information content (AvgIpc) is 2.85. The molecule has 0 saturated carbocycles. The molecule has 1 atom stereocenters. The molecule has 0 bridgehead atoms. The molecular formula is C11H14N2S2. The van der Waals surface area contributed by atoms with E-state index in [4.69, 9.17) is 0 Å². The Morgan fingerprint density at radius 1 is 1.53 bits per heavy atom. The lowest BCUT2D eigenvalue weighted by molar-refractivity contribution is 0.606. The average molecular weight is 238 g/mol. The molecule has 0 amide bonds. The van der Waals surface area contributed by atoms with Crippen molar-refractivity contribution in [2.75, 3.05) is 7.05 Å². The molecule has 15 heavy (non-hydrogen) atoms. The Balaban J connectivity index is 2.11. The van der Waals surface area contributed by atoms with Crippen molar-refractivity contribution in [3.8, 4) is 0 Å². The van der Waals surface area contributed by atoms with E-state index < -0.39 is 0 Å². The largest absolute Gasteiger partial charge is 0.312 e. The van der Waals surface area contributed by atoms with Crippen molar-refractivity contribution in [1.82, 2.24) is 10.3 Å². The molecule has 0 saturated heterocycles. The number of nitrogens with zero attached hydrogens (tertiary/aromatic N) is 1. The number of hydrogen-bond donors (Lipinski definition) is 1. The molecule has 2 rings (SSSR count). The van der Waals surface area contributed by atoms with E-state index in [1.807, 2.05) is 31.5 Å². The van der Waals surface area contributed by atoms with Gasteiger partial charge in [0.25, 0.3) is 0 Å². The maximum atomic E-state index is 4.30. The quantitative estimate of drug-likeness (QED) is 0.885. The molecule has 80 valence electrons. The zero-order chi connectivity index (χ0) is 10.7. The molecule has 4 heteroatoms. The molecule has 2 aromatic rings. The van der Waals surface area contributed by atoms with E-state index in [2.05, 4.69) is 27.8 Å². The van der Waals surface area contributed by atoms with Crippen molar-refractivity contribution in [2.24, 2.45) is 0 Å². The zero-order valence-electron chi connectivity index (χ0n) is 8.86. The molecule has 0 aliphatic rings. The number of thiazole rings is 1. The molecule has 0 fully saturated rings. The summed E-state index contributed by atoms with van der Waals surface area (Å²) in [5.74, 6) is 0. The van der Waals surface area contributed by atoms with Crippen molar-refractivity contribution >= 4 is 22.7 Å². The fourth-order valence-electron chi connectivity index (χ4n) is 1.51. The SMILES string of the molecule is CNC(Cc1cccs1)c1cnc(C)s1. The molecule has 0 aliphatic carbocycles. The highest BCUT2D eigenvalue weighted by atomic mass is 32.1. The van der Waals surface area contributed by atoms with E-state index >= 15 is 0 Å².